The Morgan fingerprint density at radius 2 is 2.06 bits per heavy atom. The monoisotopic (exact) mass is 215 g/mol. The Morgan fingerprint density at radius 1 is 1.25 bits per heavy atom. The average Bonchev–Trinajstić information content (AvgIpc) is 2.71. The third kappa shape index (κ3) is 1.99. The van der Waals surface area contributed by atoms with E-state index < -0.39 is 0 Å². The summed E-state index contributed by atoms with van der Waals surface area (Å²) in [5, 5.41) is 0. The summed E-state index contributed by atoms with van der Waals surface area (Å²) < 4.78 is 2.10. The second kappa shape index (κ2) is 4.49. The molecule has 0 unspecified atom stereocenters. The molecule has 0 atom stereocenters. The average molecular weight is 215 g/mol. The Balaban J connectivity index is 2.42. The zero-order chi connectivity index (χ0) is 11.5. The van der Waals surface area contributed by atoms with E-state index in [2.05, 4.69) is 41.6 Å². The van der Waals surface area contributed by atoms with Crippen LogP contribution in [0.2, 0.25) is 0 Å². The van der Waals surface area contributed by atoms with E-state index in [0.717, 1.165) is 17.9 Å². The predicted octanol–water partition coefficient (Wildman–Crippen LogP) is 1.99. The van der Waals surface area contributed by atoms with Crippen LogP contribution in [0.4, 0.5) is 0 Å². The first-order valence-corrected chi connectivity index (χ1v) is 5.52. The van der Waals surface area contributed by atoms with Crippen molar-refractivity contribution < 1.29 is 0 Å². The third-order valence-corrected chi connectivity index (χ3v) is 2.85. The SMILES string of the molecule is Cc1ccc(-n2ccnc2CCN)cc1C. The van der Waals surface area contributed by atoms with Crippen LogP contribution in [0.25, 0.3) is 5.69 Å². The van der Waals surface area contributed by atoms with Gasteiger partial charge in [-0.3, -0.25) is 0 Å². The normalized spacial score (nSPS) is 10.7. The van der Waals surface area contributed by atoms with E-state index in [1.54, 1.807) is 0 Å². The summed E-state index contributed by atoms with van der Waals surface area (Å²) in [4.78, 5) is 4.32. The Hall–Kier alpha value is -1.61. The number of hydrogen-bond acceptors (Lipinski definition) is 2. The molecule has 0 radical (unpaired) electrons. The van der Waals surface area contributed by atoms with Crippen LogP contribution in [0, 0.1) is 13.8 Å². The molecule has 0 aliphatic carbocycles. The maximum atomic E-state index is 5.57. The quantitative estimate of drug-likeness (QED) is 0.851. The fraction of sp³-hybridized carbons (Fsp3) is 0.308. The largest absolute Gasteiger partial charge is 0.330 e. The van der Waals surface area contributed by atoms with E-state index in [9.17, 15) is 0 Å². The topological polar surface area (TPSA) is 43.8 Å². The minimum atomic E-state index is 0.627. The Labute approximate surface area is 95.9 Å². The minimum absolute atomic E-state index is 0.627. The number of aromatic nitrogens is 2. The predicted molar refractivity (Wildman–Crippen MR) is 65.8 cm³/mol. The first-order valence-electron chi connectivity index (χ1n) is 5.52. The van der Waals surface area contributed by atoms with Crippen LogP contribution >= 0.6 is 0 Å². The van der Waals surface area contributed by atoms with Gasteiger partial charge in [-0.05, 0) is 43.7 Å². The molecule has 0 spiro atoms. The van der Waals surface area contributed by atoms with E-state index in [4.69, 9.17) is 5.73 Å². The molecule has 2 rings (SSSR count). The summed E-state index contributed by atoms with van der Waals surface area (Å²) in [6, 6.07) is 6.43. The van der Waals surface area contributed by atoms with E-state index >= 15 is 0 Å². The third-order valence-electron chi connectivity index (χ3n) is 2.85. The number of hydrogen-bond donors (Lipinski definition) is 1. The first-order chi connectivity index (χ1) is 7.72. The standard InChI is InChI=1S/C13H17N3/c1-10-3-4-12(9-11(10)2)16-8-7-15-13(16)5-6-14/h3-4,7-9H,5-6,14H2,1-2H3. The van der Waals surface area contributed by atoms with Crippen LogP contribution in [0.15, 0.2) is 30.6 Å². The van der Waals surface area contributed by atoms with E-state index in [0.29, 0.717) is 6.54 Å². The van der Waals surface area contributed by atoms with Crippen LogP contribution in [-0.4, -0.2) is 16.1 Å². The number of imidazole rings is 1. The van der Waals surface area contributed by atoms with Gasteiger partial charge in [-0.1, -0.05) is 6.07 Å². The lowest BCUT2D eigenvalue weighted by atomic mass is 10.1. The van der Waals surface area contributed by atoms with Crippen molar-refractivity contribution in [2.45, 2.75) is 20.3 Å². The van der Waals surface area contributed by atoms with Crippen molar-refractivity contribution >= 4 is 0 Å². The van der Waals surface area contributed by atoms with Crippen molar-refractivity contribution in [3.63, 3.8) is 0 Å². The molecule has 1 aromatic carbocycles. The van der Waals surface area contributed by atoms with Gasteiger partial charge in [0.2, 0.25) is 0 Å². The van der Waals surface area contributed by atoms with E-state index in [1.165, 1.54) is 11.1 Å². The molecule has 0 saturated carbocycles. The minimum Gasteiger partial charge on any atom is -0.330 e. The van der Waals surface area contributed by atoms with E-state index in [1.807, 2.05) is 12.4 Å². The first kappa shape index (κ1) is 10.9. The molecule has 16 heavy (non-hydrogen) atoms. The fourth-order valence-electron chi connectivity index (χ4n) is 1.76. The number of aryl methyl sites for hydroxylation is 2. The van der Waals surface area contributed by atoms with Crippen molar-refractivity contribution in [3.8, 4) is 5.69 Å². The zero-order valence-electron chi connectivity index (χ0n) is 9.77. The Kier molecular flexibility index (Phi) is 3.06. The highest BCUT2D eigenvalue weighted by Crippen LogP contribution is 2.15. The van der Waals surface area contributed by atoms with Gasteiger partial charge in [-0.25, -0.2) is 4.98 Å². The summed E-state index contributed by atoms with van der Waals surface area (Å²) in [7, 11) is 0. The summed E-state index contributed by atoms with van der Waals surface area (Å²) in [5.74, 6) is 1.02. The lowest BCUT2D eigenvalue weighted by Crippen LogP contribution is -2.08. The number of nitrogens with zero attached hydrogens (tertiary/aromatic N) is 2. The van der Waals surface area contributed by atoms with Crippen molar-refractivity contribution in [1.82, 2.24) is 9.55 Å². The van der Waals surface area contributed by atoms with Crippen LogP contribution < -0.4 is 5.73 Å². The smallest absolute Gasteiger partial charge is 0.114 e. The van der Waals surface area contributed by atoms with Crippen molar-refractivity contribution in [1.29, 1.82) is 0 Å². The molecule has 2 aromatic rings. The van der Waals surface area contributed by atoms with Crippen LogP contribution in [0.1, 0.15) is 17.0 Å². The highest BCUT2D eigenvalue weighted by atomic mass is 15.1. The van der Waals surface area contributed by atoms with Crippen LogP contribution in [0.3, 0.4) is 0 Å². The van der Waals surface area contributed by atoms with Gasteiger partial charge in [-0.15, -0.1) is 0 Å². The molecule has 0 saturated heterocycles. The zero-order valence-corrected chi connectivity index (χ0v) is 9.77. The summed E-state index contributed by atoms with van der Waals surface area (Å²) in [5.41, 5.74) is 9.33. The molecular formula is C13H17N3. The molecule has 3 heteroatoms. The van der Waals surface area contributed by atoms with Gasteiger partial charge in [0.1, 0.15) is 5.82 Å². The summed E-state index contributed by atoms with van der Waals surface area (Å²) in [6.45, 7) is 4.87. The number of nitrogens with two attached hydrogens (primary N) is 1. The molecule has 2 N–H and O–H groups in total. The molecule has 0 fully saturated rings. The van der Waals surface area contributed by atoms with E-state index in [-0.39, 0.29) is 0 Å². The lowest BCUT2D eigenvalue weighted by Gasteiger charge is -2.09. The van der Waals surface area contributed by atoms with Crippen LogP contribution in [0.5, 0.6) is 0 Å². The highest BCUT2D eigenvalue weighted by Gasteiger charge is 2.04. The van der Waals surface area contributed by atoms with Gasteiger partial charge in [0.05, 0.1) is 0 Å². The maximum absolute atomic E-state index is 5.57. The van der Waals surface area contributed by atoms with Gasteiger partial charge < -0.3 is 10.3 Å². The van der Waals surface area contributed by atoms with Crippen molar-refractivity contribution in [2.24, 2.45) is 5.73 Å². The van der Waals surface area contributed by atoms with Crippen molar-refractivity contribution in [3.05, 3.63) is 47.5 Å². The molecule has 3 nitrogen and oxygen atoms in total. The van der Waals surface area contributed by atoms with Gasteiger partial charge in [-0.2, -0.15) is 0 Å². The Morgan fingerprint density at radius 3 is 2.75 bits per heavy atom. The number of benzene rings is 1. The van der Waals surface area contributed by atoms with Gasteiger partial charge in [0.25, 0.3) is 0 Å². The molecule has 0 amide bonds. The number of rotatable bonds is 3. The molecule has 0 aliphatic rings. The van der Waals surface area contributed by atoms with Gasteiger partial charge in [0, 0.05) is 24.5 Å². The van der Waals surface area contributed by atoms with Crippen LogP contribution in [-0.2, 0) is 6.42 Å². The summed E-state index contributed by atoms with van der Waals surface area (Å²) in [6.07, 6.45) is 4.61. The van der Waals surface area contributed by atoms with Gasteiger partial charge in [0.15, 0.2) is 0 Å². The summed E-state index contributed by atoms with van der Waals surface area (Å²) >= 11 is 0. The molecule has 0 bridgehead atoms. The molecule has 0 aliphatic heterocycles. The fourth-order valence-corrected chi connectivity index (χ4v) is 1.76. The Bertz CT molecular complexity index is 486. The van der Waals surface area contributed by atoms with Gasteiger partial charge >= 0.3 is 0 Å². The highest BCUT2D eigenvalue weighted by molar-refractivity contribution is 5.40. The molecule has 84 valence electrons. The van der Waals surface area contributed by atoms with Crippen molar-refractivity contribution in [2.75, 3.05) is 6.54 Å². The second-order valence-corrected chi connectivity index (χ2v) is 4.02. The second-order valence-electron chi connectivity index (χ2n) is 4.02. The molecule has 1 heterocycles. The maximum Gasteiger partial charge on any atom is 0.114 e. The molecule has 1 aromatic heterocycles. The molecular weight excluding hydrogens is 198 g/mol. The lowest BCUT2D eigenvalue weighted by molar-refractivity contribution is 0.836.